The second kappa shape index (κ2) is 10.3. The van der Waals surface area contributed by atoms with Crippen molar-refractivity contribution in [2.24, 2.45) is 5.92 Å². The number of nitrogens with zero attached hydrogens (tertiary/aromatic N) is 4. The molecule has 182 valence electrons. The van der Waals surface area contributed by atoms with Crippen molar-refractivity contribution in [3.05, 3.63) is 47.5 Å². The SMILES string of the molecule is CCOC(=O)N1CCN(c2nc3ccc(C)cc3cc2CNCCCN2CC3C=CC2C3)CC1. The molecule has 1 aliphatic carbocycles. The summed E-state index contributed by atoms with van der Waals surface area (Å²) in [5, 5.41) is 4.86. The summed E-state index contributed by atoms with van der Waals surface area (Å²) in [4.78, 5) is 23.9. The molecule has 3 heterocycles. The number of hydrogen-bond acceptors (Lipinski definition) is 6. The second-order valence-electron chi connectivity index (χ2n) is 9.81. The van der Waals surface area contributed by atoms with Gasteiger partial charge in [0.1, 0.15) is 5.82 Å². The summed E-state index contributed by atoms with van der Waals surface area (Å²) in [6.07, 6.45) is 7.04. The molecule has 7 heteroatoms. The number of benzene rings is 1. The highest BCUT2D eigenvalue weighted by Crippen LogP contribution is 2.31. The Morgan fingerprint density at radius 2 is 2.03 bits per heavy atom. The van der Waals surface area contributed by atoms with E-state index in [9.17, 15) is 4.79 Å². The Kier molecular flexibility index (Phi) is 7.02. The molecule has 34 heavy (non-hydrogen) atoms. The predicted octanol–water partition coefficient (Wildman–Crippen LogP) is 3.56. The van der Waals surface area contributed by atoms with Gasteiger partial charge in [-0.3, -0.25) is 4.90 Å². The molecule has 2 aromatic rings. The van der Waals surface area contributed by atoms with Crippen LogP contribution in [-0.2, 0) is 11.3 Å². The maximum Gasteiger partial charge on any atom is 0.409 e. The number of fused-ring (bicyclic) bond motifs is 3. The Balaban J connectivity index is 1.23. The molecule has 3 aliphatic rings. The molecule has 7 nitrogen and oxygen atoms in total. The largest absolute Gasteiger partial charge is 0.450 e. The number of likely N-dealkylation sites (tertiary alicyclic amines) is 1. The number of hydrogen-bond donors (Lipinski definition) is 1. The molecule has 2 atom stereocenters. The fraction of sp³-hybridized carbons (Fsp3) is 0.556. The van der Waals surface area contributed by atoms with Crippen molar-refractivity contribution >= 4 is 22.8 Å². The number of carbonyl (C=O) groups is 1. The summed E-state index contributed by atoms with van der Waals surface area (Å²) < 4.78 is 5.18. The Hall–Kier alpha value is -2.64. The Bertz CT molecular complexity index is 1050. The minimum absolute atomic E-state index is 0.215. The normalized spacial score (nSPS) is 22.2. The van der Waals surface area contributed by atoms with Gasteiger partial charge >= 0.3 is 6.09 Å². The van der Waals surface area contributed by atoms with Gasteiger partial charge in [-0.05, 0) is 63.9 Å². The van der Waals surface area contributed by atoms with Crippen molar-refractivity contribution in [3.8, 4) is 0 Å². The summed E-state index contributed by atoms with van der Waals surface area (Å²) >= 11 is 0. The van der Waals surface area contributed by atoms with Gasteiger partial charge in [0.25, 0.3) is 0 Å². The number of pyridine rings is 1. The third-order valence-electron chi connectivity index (χ3n) is 7.33. The summed E-state index contributed by atoms with van der Waals surface area (Å²) in [5.74, 6) is 1.83. The molecule has 1 amide bonds. The fourth-order valence-electron chi connectivity index (χ4n) is 5.53. The number of aromatic nitrogens is 1. The van der Waals surface area contributed by atoms with Crippen LogP contribution in [0, 0.1) is 12.8 Å². The molecule has 0 radical (unpaired) electrons. The van der Waals surface area contributed by atoms with E-state index in [1.807, 2.05) is 6.92 Å². The molecule has 2 bridgehead atoms. The van der Waals surface area contributed by atoms with Crippen molar-refractivity contribution in [2.45, 2.75) is 39.3 Å². The average Bonchev–Trinajstić information content (AvgIpc) is 3.47. The van der Waals surface area contributed by atoms with Crippen LogP contribution in [0.25, 0.3) is 10.9 Å². The first-order valence-corrected chi connectivity index (χ1v) is 12.8. The number of nitrogens with one attached hydrogen (secondary N) is 1. The van der Waals surface area contributed by atoms with Gasteiger partial charge in [0, 0.05) is 56.3 Å². The van der Waals surface area contributed by atoms with E-state index in [1.165, 1.54) is 29.5 Å². The van der Waals surface area contributed by atoms with Gasteiger partial charge < -0.3 is 19.9 Å². The van der Waals surface area contributed by atoms with Crippen LogP contribution >= 0.6 is 0 Å². The first-order chi connectivity index (χ1) is 16.6. The predicted molar refractivity (Wildman–Crippen MR) is 136 cm³/mol. The number of carbonyl (C=O) groups excluding carboxylic acids is 1. The Morgan fingerprint density at radius 3 is 2.76 bits per heavy atom. The molecular weight excluding hydrogens is 426 g/mol. The molecule has 1 aromatic heterocycles. The zero-order valence-electron chi connectivity index (χ0n) is 20.5. The number of amides is 1. The number of piperazine rings is 1. The lowest BCUT2D eigenvalue weighted by Gasteiger charge is -2.35. The van der Waals surface area contributed by atoms with Crippen LogP contribution in [0.2, 0.25) is 0 Å². The van der Waals surface area contributed by atoms with Gasteiger partial charge in [-0.25, -0.2) is 9.78 Å². The Morgan fingerprint density at radius 1 is 1.18 bits per heavy atom. The highest BCUT2D eigenvalue weighted by molar-refractivity contribution is 5.82. The first-order valence-electron chi connectivity index (χ1n) is 12.8. The van der Waals surface area contributed by atoms with Crippen LogP contribution in [0.3, 0.4) is 0 Å². The quantitative estimate of drug-likeness (QED) is 0.477. The van der Waals surface area contributed by atoms with Gasteiger partial charge in [0.15, 0.2) is 0 Å². The minimum atomic E-state index is -0.215. The lowest BCUT2D eigenvalue weighted by molar-refractivity contribution is 0.105. The zero-order valence-corrected chi connectivity index (χ0v) is 20.5. The lowest BCUT2D eigenvalue weighted by Crippen LogP contribution is -2.49. The van der Waals surface area contributed by atoms with E-state index in [-0.39, 0.29) is 6.09 Å². The molecule has 2 aliphatic heterocycles. The number of rotatable bonds is 8. The van der Waals surface area contributed by atoms with Crippen molar-refractivity contribution in [3.63, 3.8) is 0 Å². The summed E-state index contributed by atoms with van der Waals surface area (Å²) in [5.41, 5.74) is 3.50. The van der Waals surface area contributed by atoms with Gasteiger partial charge in [-0.1, -0.05) is 23.8 Å². The molecule has 5 rings (SSSR count). The average molecular weight is 464 g/mol. The van der Waals surface area contributed by atoms with Crippen LogP contribution in [0.1, 0.15) is 30.9 Å². The Labute approximate surface area is 202 Å². The molecule has 2 unspecified atom stereocenters. The van der Waals surface area contributed by atoms with E-state index in [1.54, 1.807) is 4.90 Å². The summed E-state index contributed by atoms with van der Waals surface area (Å²) in [6, 6.07) is 9.41. The van der Waals surface area contributed by atoms with Crippen LogP contribution in [0.15, 0.2) is 36.4 Å². The van der Waals surface area contributed by atoms with Crippen LogP contribution in [-0.4, -0.2) is 79.3 Å². The first kappa shape index (κ1) is 23.1. The smallest absolute Gasteiger partial charge is 0.409 e. The van der Waals surface area contributed by atoms with E-state index in [2.05, 4.69) is 58.5 Å². The van der Waals surface area contributed by atoms with Gasteiger partial charge in [0.2, 0.25) is 0 Å². The number of anilines is 1. The zero-order chi connectivity index (χ0) is 23.5. The van der Waals surface area contributed by atoms with E-state index in [4.69, 9.17) is 9.72 Å². The monoisotopic (exact) mass is 463 g/mol. The molecule has 0 saturated carbocycles. The fourth-order valence-corrected chi connectivity index (χ4v) is 5.53. The van der Waals surface area contributed by atoms with E-state index in [0.29, 0.717) is 25.7 Å². The van der Waals surface area contributed by atoms with Crippen molar-refractivity contribution in [2.75, 3.05) is 57.3 Å². The molecule has 1 aromatic carbocycles. The highest BCUT2D eigenvalue weighted by Gasteiger charge is 2.32. The molecule has 2 saturated heterocycles. The molecular formula is C27H37N5O2. The van der Waals surface area contributed by atoms with Crippen molar-refractivity contribution in [1.82, 2.24) is 20.1 Å². The van der Waals surface area contributed by atoms with E-state index in [0.717, 1.165) is 56.4 Å². The maximum absolute atomic E-state index is 12.1. The van der Waals surface area contributed by atoms with Crippen molar-refractivity contribution in [1.29, 1.82) is 0 Å². The van der Waals surface area contributed by atoms with Gasteiger partial charge in [0.05, 0.1) is 12.1 Å². The molecule has 0 spiro atoms. The highest BCUT2D eigenvalue weighted by atomic mass is 16.6. The topological polar surface area (TPSA) is 60.9 Å². The molecule has 2 fully saturated rings. The third-order valence-corrected chi connectivity index (χ3v) is 7.33. The van der Waals surface area contributed by atoms with Crippen LogP contribution in [0.4, 0.5) is 10.6 Å². The second-order valence-corrected chi connectivity index (χ2v) is 9.81. The van der Waals surface area contributed by atoms with Crippen LogP contribution < -0.4 is 10.2 Å². The minimum Gasteiger partial charge on any atom is -0.450 e. The maximum atomic E-state index is 12.1. The van der Waals surface area contributed by atoms with E-state index >= 15 is 0 Å². The summed E-state index contributed by atoms with van der Waals surface area (Å²) in [7, 11) is 0. The number of aryl methyl sites for hydroxylation is 1. The summed E-state index contributed by atoms with van der Waals surface area (Å²) in [6.45, 7) is 11.4. The van der Waals surface area contributed by atoms with Crippen LogP contribution in [0.5, 0.6) is 0 Å². The van der Waals surface area contributed by atoms with Gasteiger partial charge in [-0.2, -0.15) is 0 Å². The lowest BCUT2D eigenvalue weighted by atomic mass is 10.1. The third kappa shape index (κ3) is 5.05. The standard InChI is InChI=1S/C27H37N5O2/c1-3-34-27(33)31-13-11-30(12-14-31)26-23(17-22-15-20(2)5-8-25(22)29-26)18-28-9-4-10-32-19-21-6-7-24(32)16-21/h5-8,15,17,21,24,28H,3-4,9-14,16,18-19H2,1-2H3. The van der Waals surface area contributed by atoms with E-state index < -0.39 is 0 Å². The van der Waals surface area contributed by atoms with Crippen molar-refractivity contribution < 1.29 is 9.53 Å². The number of ether oxygens (including phenoxy) is 1. The molecule has 1 N–H and O–H groups in total. The van der Waals surface area contributed by atoms with Gasteiger partial charge in [-0.15, -0.1) is 0 Å².